The van der Waals surface area contributed by atoms with Crippen molar-refractivity contribution in [3.8, 4) is 0 Å². The van der Waals surface area contributed by atoms with Crippen molar-refractivity contribution >= 4 is 35.1 Å². The van der Waals surface area contributed by atoms with Crippen LogP contribution in [0.1, 0.15) is 10.4 Å². The Kier molecular flexibility index (Phi) is 3.72. The molecule has 1 aromatic carbocycles. The summed E-state index contributed by atoms with van der Waals surface area (Å²) in [6.07, 6.45) is 0. The summed E-state index contributed by atoms with van der Waals surface area (Å²) >= 11 is 3.26. The monoisotopic (exact) mass is 253 g/mol. The Morgan fingerprint density at radius 2 is 2.14 bits per heavy atom. The molecule has 0 spiro atoms. The minimum atomic E-state index is -0.236. The minimum absolute atomic E-state index is 0.236. The lowest BCUT2D eigenvalue weighted by molar-refractivity contribution is -0.0756. The summed E-state index contributed by atoms with van der Waals surface area (Å²) in [6, 6.07) is 5.01. The van der Waals surface area contributed by atoms with Gasteiger partial charge >= 0.3 is 0 Å². The second-order valence-corrected chi connectivity index (χ2v) is 3.67. The molecule has 0 unspecified atom stereocenters. The summed E-state index contributed by atoms with van der Waals surface area (Å²) in [5, 5.41) is 1.14. The average molecular weight is 254 g/mol. The SMILES string of the molecule is [B]c1cc(Br)cc(C(=O)N(C)OC)c1. The van der Waals surface area contributed by atoms with E-state index in [2.05, 4.69) is 15.9 Å². The fourth-order valence-corrected chi connectivity index (χ4v) is 1.51. The van der Waals surface area contributed by atoms with Crippen LogP contribution in [0.5, 0.6) is 0 Å². The van der Waals surface area contributed by atoms with E-state index in [1.54, 1.807) is 25.2 Å². The van der Waals surface area contributed by atoms with Crippen LogP contribution in [-0.2, 0) is 4.84 Å². The van der Waals surface area contributed by atoms with Crippen LogP contribution in [0.25, 0.3) is 0 Å². The molecule has 0 heterocycles. The van der Waals surface area contributed by atoms with Crippen molar-refractivity contribution in [2.24, 2.45) is 0 Å². The Balaban J connectivity index is 3.01. The normalized spacial score (nSPS) is 9.93. The van der Waals surface area contributed by atoms with Crippen LogP contribution in [0.2, 0.25) is 0 Å². The quantitative estimate of drug-likeness (QED) is 0.579. The van der Waals surface area contributed by atoms with E-state index >= 15 is 0 Å². The highest BCUT2D eigenvalue weighted by Gasteiger charge is 2.11. The zero-order valence-corrected chi connectivity index (χ0v) is 9.54. The molecule has 0 fully saturated rings. The fraction of sp³-hybridized carbons (Fsp3) is 0.222. The molecular weight excluding hydrogens is 245 g/mol. The van der Waals surface area contributed by atoms with Gasteiger partial charge in [-0.05, 0) is 6.07 Å². The molecule has 0 saturated carbocycles. The molecule has 5 heteroatoms. The van der Waals surface area contributed by atoms with E-state index in [4.69, 9.17) is 12.7 Å². The zero-order chi connectivity index (χ0) is 10.7. The maximum absolute atomic E-state index is 11.6. The molecule has 0 saturated heterocycles. The average Bonchev–Trinajstić information content (AvgIpc) is 2.14. The molecule has 2 radical (unpaired) electrons. The smallest absolute Gasteiger partial charge is 0.274 e. The molecule has 0 bridgehead atoms. The van der Waals surface area contributed by atoms with Crippen LogP contribution >= 0.6 is 15.9 Å². The van der Waals surface area contributed by atoms with Gasteiger partial charge in [0.05, 0.1) is 7.11 Å². The number of amides is 1. The number of carbonyl (C=O) groups is 1. The van der Waals surface area contributed by atoms with Crippen LogP contribution in [0.3, 0.4) is 0 Å². The van der Waals surface area contributed by atoms with Gasteiger partial charge < -0.3 is 0 Å². The van der Waals surface area contributed by atoms with Crippen molar-refractivity contribution in [3.63, 3.8) is 0 Å². The van der Waals surface area contributed by atoms with E-state index in [1.165, 1.54) is 7.11 Å². The predicted molar refractivity (Wildman–Crippen MR) is 58.6 cm³/mol. The van der Waals surface area contributed by atoms with E-state index in [0.717, 1.165) is 9.54 Å². The van der Waals surface area contributed by atoms with Crippen LogP contribution in [0, 0.1) is 0 Å². The Hall–Kier alpha value is -0.805. The van der Waals surface area contributed by atoms with Crippen LogP contribution in [0.15, 0.2) is 22.7 Å². The number of nitrogens with zero attached hydrogens (tertiary/aromatic N) is 1. The molecule has 1 amide bonds. The largest absolute Gasteiger partial charge is 0.277 e. The van der Waals surface area contributed by atoms with Crippen molar-refractivity contribution in [1.29, 1.82) is 0 Å². The van der Waals surface area contributed by atoms with Gasteiger partial charge in [0.1, 0.15) is 7.85 Å². The van der Waals surface area contributed by atoms with Gasteiger partial charge in [-0.3, -0.25) is 9.63 Å². The maximum atomic E-state index is 11.6. The Morgan fingerprint density at radius 3 is 2.64 bits per heavy atom. The minimum Gasteiger partial charge on any atom is -0.274 e. The lowest BCUT2D eigenvalue weighted by Crippen LogP contribution is -2.26. The number of hydrogen-bond donors (Lipinski definition) is 0. The third-order valence-electron chi connectivity index (χ3n) is 1.73. The van der Waals surface area contributed by atoms with Gasteiger partial charge in [-0.15, -0.1) is 0 Å². The first-order valence-electron chi connectivity index (χ1n) is 3.93. The number of benzene rings is 1. The number of rotatable bonds is 2. The highest BCUT2D eigenvalue weighted by molar-refractivity contribution is 9.10. The zero-order valence-electron chi connectivity index (χ0n) is 7.95. The van der Waals surface area contributed by atoms with E-state index in [0.29, 0.717) is 11.0 Å². The van der Waals surface area contributed by atoms with Crippen molar-refractivity contribution in [3.05, 3.63) is 28.2 Å². The molecule has 1 rings (SSSR count). The Labute approximate surface area is 92.5 Å². The number of hydrogen-bond acceptors (Lipinski definition) is 2. The summed E-state index contributed by atoms with van der Waals surface area (Å²) in [4.78, 5) is 16.4. The lowest BCUT2D eigenvalue weighted by Gasteiger charge is -2.14. The highest BCUT2D eigenvalue weighted by Crippen LogP contribution is 2.11. The number of halogens is 1. The molecule has 0 aromatic heterocycles. The summed E-state index contributed by atoms with van der Waals surface area (Å²) in [7, 11) is 8.57. The van der Waals surface area contributed by atoms with Gasteiger partial charge in [0, 0.05) is 17.1 Å². The van der Waals surface area contributed by atoms with Gasteiger partial charge in [0.15, 0.2) is 0 Å². The number of carbonyl (C=O) groups excluding carboxylic acids is 1. The maximum Gasteiger partial charge on any atom is 0.277 e. The lowest BCUT2D eigenvalue weighted by atomic mass is 9.94. The molecule has 72 valence electrons. The summed E-state index contributed by atoms with van der Waals surface area (Å²) < 4.78 is 0.769. The van der Waals surface area contributed by atoms with Crippen molar-refractivity contribution in [2.75, 3.05) is 14.2 Å². The fourth-order valence-electron chi connectivity index (χ4n) is 1.00. The van der Waals surface area contributed by atoms with Gasteiger partial charge in [-0.25, -0.2) is 5.06 Å². The third-order valence-corrected chi connectivity index (χ3v) is 2.18. The standard InChI is InChI=1S/C9H9BBrNO2/c1-12(14-2)9(13)6-3-7(10)5-8(11)4-6/h3-5H,1-2H3. The molecule has 0 aliphatic carbocycles. The van der Waals surface area contributed by atoms with Gasteiger partial charge in [0.25, 0.3) is 5.91 Å². The first-order valence-corrected chi connectivity index (χ1v) is 4.72. The van der Waals surface area contributed by atoms with Crippen LogP contribution in [0.4, 0.5) is 0 Å². The first-order chi connectivity index (χ1) is 6.54. The van der Waals surface area contributed by atoms with Crippen molar-refractivity contribution in [1.82, 2.24) is 5.06 Å². The first kappa shape index (κ1) is 11.3. The Morgan fingerprint density at radius 1 is 1.50 bits per heavy atom. The van der Waals surface area contributed by atoms with Crippen LogP contribution < -0.4 is 5.46 Å². The van der Waals surface area contributed by atoms with Crippen molar-refractivity contribution < 1.29 is 9.63 Å². The van der Waals surface area contributed by atoms with E-state index < -0.39 is 0 Å². The van der Waals surface area contributed by atoms with Gasteiger partial charge in [-0.2, -0.15) is 0 Å². The molecule has 3 nitrogen and oxygen atoms in total. The molecule has 0 N–H and O–H groups in total. The summed E-state index contributed by atoms with van der Waals surface area (Å²) in [5.41, 5.74) is 1.02. The topological polar surface area (TPSA) is 29.5 Å². The molecular formula is C9H9BBrNO2. The van der Waals surface area contributed by atoms with E-state index in [1.807, 2.05) is 0 Å². The number of hydroxylamine groups is 2. The Bertz CT molecular complexity index is 336. The molecule has 1 aromatic rings. The third kappa shape index (κ3) is 2.59. The van der Waals surface area contributed by atoms with Gasteiger partial charge in [-0.1, -0.05) is 33.5 Å². The second-order valence-electron chi connectivity index (χ2n) is 2.76. The molecule has 0 aliphatic heterocycles. The van der Waals surface area contributed by atoms with Gasteiger partial charge in [0.2, 0.25) is 0 Å². The second kappa shape index (κ2) is 4.62. The highest BCUT2D eigenvalue weighted by atomic mass is 79.9. The molecule has 0 atom stereocenters. The summed E-state index contributed by atoms with van der Waals surface area (Å²) in [5.74, 6) is -0.236. The predicted octanol–water partition coefficient (Wildman–Crippen LogP) is 0.876. The summed E-state index contributed by atoms with van der Waals surface area (Å²) in [6.45, 7) is 0. The van der Waals surface area contributed by atoms with Crippen LogP contribution in [-0.4, -0.2) is 33.0 Å². The van der Waals surface area contributed by atoms with Crippen molar-refractivity contribution in [2.45, 2.75) is 0 Å². The van der Waals surface area contributed by atoms with E-state index in [-0.39, 0.29) is 5.91 Å². The molecule has 0 aliphatic rings. The molecule has 14 heavy (non-hydrogen) atoms. The van der Waals surface area contributed by atoms with E-state index in [9.17, 15) is 4.79 Å².